The first-order chi connectivity index (χ1) is 9.54. The average molecular weight is 382 g/mol. The SMILES string of the molecule is CC(=O)Oc1ccc(-c2ccc(OC(=O)I)cc2)cc1. The molecule has 0 bridgehead atoms. The Morgan fingerprint density at radius 1 is 0.800 bits per heavy atom. The lowest BCUT2D eigenvalue weighted by atomic mass is 10.1. The van der Waals surface area contributed by atoms with E-state index in [1.165, 1.54) is 6.92 Å². The third kappa shape index (κ3) is 4.06. The molecular formula is C15H11IO4. The van der Waals surface area contributed by atoms with Crippen molar-refractivity contribution in [3.05, 3.63) is 48.5 Å². The standard InChI is InChI=1S/C15H11IO4/c1-10(17)19-13-6-2-11(3-7-13)12-4-8-14(9-5-12)20-15(16)18/h2-9H,1H3. The highest BCUT2D eigenvalue weighted by Gasteiger charge is 2.03. The Hall–Kier alpha value is -1.89. The van der Waals surface area contributed by atoms with Gasteiger partial charge in [-0.05, 0) is 35.4 Å². The van der Waals surface area contributed by atoms with Crippen LogP contribution in [0.3, 0.4) is 0 Å². The lowest BCUT2D eigenvalue weighted by Crippen LogP contribution is -2.00. The molecule has 102 valence electrons. The number of hydrogen-bond acceptors (Lipinski definition) is 4. The molecule has 2 aromatic rings. The van der Waals surface area contributed by atoms with Crippen molar-refractivity contribution in [3.8, 4) is 22.6 Å². The van der Waals surface area contributed by atoms with Gasteiger partial charge in [0.15, 0.2) is 0 Å². The second-order valence-electron chi connectivity index (χ2n) is 3.98. The highest BCUT2D eigenvalue weighted by atomic mass is 127. The van der Waals surface area contributed by atoms with E-state index in [4.69, 9.17) is 9.47 Å². The van der Waals surface area contributed by atoms with Crippen molar-refractivity contribution in [2.75, 3.05) is 0 Å². The van der Waals surface area contributed by atoms with Crippen molar-refractivity contribution in [2.24, 2.45) is 0 Å². The molecule has 0 aliphatic heterocycles. The minimum atomic E-state index is -0.374. The van der Waals surface area contributed by atoms with Gasteiger partial charge < -0.3 is 9.47 Å². The summed E-state index contributed by atoms with van der Waals surface area (Å²) in [6.45, 7) is 1.36. The van der Waals surface area contributed by atoms with Gasteiger partial charge in [-0.3, -0.25) is 4.79 Å². The number of esters is 1. The summed E-state index contributed by atoms with van der Waals surface area (Å²) >= 11 is 1.58. The minimum Gasteiger partial charge on any atom is -0.427 e. The van der Waals surface area contributed by atoms with E-state index < -0.39 is 0 Å². The van der Waals surface area contributed by atoms with Crippen molar-refractivity contribution >= 4 is 32.5 Å². The Bertz CT molecular complexity index is 560. The molecule has 0 saturated heterocycles. The summed E-state index contributed by atoms with van der Waals surface area (Å²) < 4.78 is 9.55. The van der Waals surface area contributed by atoms with Crippen molar-refractivity contribution in [3.63, 3.8) is 0 Å². The Kier molecular flexibility index (Phi) is 4.73. The number of carbonyl (C=O) groups excluding carboxylic acids is 2. The highest BCUT2D eigenvalue weighted by molar-refractivity contribution is 14.1. The van der Waals surface area contributed by atoms with E-state index in [2.05, 4.69) is 0 Å². The topological polar surface area (TPSA) is 52.6 Å². The van der Waals surface area contributed by atoms with Crippen LogP contribution in [0.15, 0.2) is 48.5 Å². The summed E-state index contributed by atoms with van der Waals surface area (Å²) in [7, 11) is 0. The van der Waals surface area contributed by atoms with E-state index in [9.17, 15) is 9.59 Å². The van der Waals surface area contributed by atoms with Crippen LogP contribution in [0.25, 0.3) is 11.1 Å². The first-order valence-electron chi connectivity index (χ1n) is 5.81. The maximum absolute atomic E-state index is 10.8. The van der Waals surface area contributed by atoms with Crippen LogP contribution >= 0.6 is 22.6 Å². The van der Waals surface area contributed by atoms with E-state index in [1.54, 1.807) is 46.9 Å². The third-order valence-corrected chi connectivity index (χ3v) is 2.72. The lowest BCUT2D eigenvalue weighted by Gasteiger charge is -2.05. The predicted octanol–water partition coefficient (Wildman–Crippen LogP) is 4.21. The fourth-order valence-corrected chi connectivity index (χ4v) is 1.94. The number of rotatable bonds is 3. The van der Waals surface area contributed by atoms with Crippen molar-refractivity contribution in [2.45, 2.75) is 6.92 Å². The van der Waals surface area contributed by atoms with Gasteiger partial charge in [0.2, 0.25) is 0 Å². The minimum absolute atomic E-state index is 0.345. The Balaban J connectivity index is 2.15. The van der Waals surface area contributed by atoms with Crippen LogP contribution in [0, 0.1) is 0 Å². The molecule has 0 fully saturated rings. The Morgan fingerprint density at radius 3 is 1.55 bits per heavy atom. The second-order valence-corrected chi connectivity index (χ2v) is 4.86. The van der Waals surface area contributed by atoms with E-state index in [0.717, 1.165) is 11.1 Å². The molecule has 0 unspecified atom stereocenters. The van der Waals surface area contributed by atoms with Gasteiger partial charge in [0, 0.05) is 6.92 Å². The third-order valence-electron chi connectivity index (χ3n) is 2.50. The summed E-state index contributed by atoms with van der Waals surface area (Å²) in [5, 5.41) is 0. The molecule has 5 heteroatoms. The fourth-order valence-electron chi connectivity index (χ4n) is 1.69. The van der Waals surface area contributed by atoms with Crippen LogP contribution in [-0.4, -0.2) is 9.95 Å². The highest BCUT2D eigenvalue weighted by Crippen LogP contribution is 2.25. The normalized spacial score (nSPS) is 9.90. The molecule has 2 aromatic carbocycles. The first kappa shape index (κ1) is 14.5. The number of ether oxygens (including phenoxy) is 2. The second kappa shape index (κ2) is 6.51. The molecule has 0 saturated carbocycles. The lowest BCUT2D eigenvalue weighted by molar-refractivity contribution is -0.131. The van der Waals surface area contributed by atoms with Gasteiger partial charge in [-0.15, -0.1) is 0 Å². The van der Waals surface area contributed by atoms with Crippen molar-refractivity contribution in [1.29, 1.82) is 0 Å². The van der Waals surface area contributed by atoms with Gasteiger partial charge in [0.1, 0.15) is 11.5 Å². The molecule has 0 atom stereocenters. The quantitative estimate of drug-likeness (QED) is 0.345. The molecule has 0 spiro atoms. The number of hydrogen-bond donors (Lipinski definition) is 0. The fraction of sp³-hybridized carbons (Fsp3) is 0.0667. The van der Waals surface area contributed by atoms with Crippen LogP contribution in [0.5, 0.6) is 11.5 Å². The van der Waals surface area contributed by atoms with Crippen LogP contribution in [0.1, 0.15) is 6.92 Å². The van der Waals surface area contributed by atoms with Gasteiger partial charge in [-0.25, -0.2) is 4.79 Å². The van der Waals surface area contributed by atoms with Crippen molar-refractivity contribution in [1.82, 2.24) is 0 Å². The summed E-state index contributed by atoms with van der Waals surface area (Å²) in [5.74, 6) is 0.670. The molecule has 0 amide bonds. The van der Waals surface area contributed by atoms with Gasteiger partial charge in [-0.1, -0.05) is 24.3 Å². The maximum atomic E-state index is 10.8. The molecule has 4 nitrogen and oxygen atoms in total. The summed E-state index contributed by atoms with van der Waals surface area (Å²) in [6, 6.07) is 14.4. The average Bonchev–Trinajstić information content (AvgIpc) is 2.39. The summed E-state index contributed by atoms with van der Waals surface area (Å²) in [6.07, 6.45) is 0. The molecule has 0 aromatic heterocycles. The maximum Gasteiger partial charge on any atom is 0.372 e. The van der Waals surface area contributed by atoms with E-state index in [0.29, 0.717) is 11.5 Å². The molecule has 0 heterocycles. The molecule has 2 rings (SSSR count). The van der Waals surface area contributed by atoms with E-state index in [-0.39, 0.29) is 9.95 Å². The van der Waals surface area contributed by atoms with Crippen LogP contribution in [-0.2, 0) is 4.79 Å². The number of benzene rings is 2. The summed E-state index contributed by atoms with van der Waals surface area (Å²) in [4.78, 5) is 21.6. The van der Waals surface area contributed by atoms with Gasteiger partial charge >= 0.3 is 9.95 Å². The van der Waals surface area contributed by atoms with E-state index in [1.807, 2.05) is 24.3 Å². The zero-order valence-electron chi connectivity index (χ0n) is 10.6. The molecule has 20 heavy (non-hydrogen) atoms. The number of halogens is 1. The van der Waals surface area contributed by atoms with E-state index >= 15 is 0 Å². The number of carbonyl (C=O) groups is 2. The monoisotopic (exact) mass is 382 g/mol. The van der Waals surface area contributed by atoms with Gasteiger partial charge in [0.05, 0.1) is 22.6 Å². The Labute approximate surface area is 129 Å². The molecule has 0 aliphatic carbocycles. The Morgan fingerprint density at radius 2 is 1.20 bits per heavy atom. The molecular weight excluding hydrogens is 371 g/mol. The molecule has 0 aliphatic rings. The van der Waals surface area contributed by atoms with Crippen LogP contribution in [0.4, 0.5) is 4.79 Å². The van der Waals surface area contributed by atoms with Crippen LogP contribution in [0.2, 0.25) is 0 Å². The molecule has 0 N–H and O–H groups in total. The smallest absolute Gasteiger partial charge is 0.372 e. The predicted molar refractivity (Wildman–Crippen MR) is 83.2 cm³/mol. The van der Waals surface area contributed by atoms with Crippen LogP contribution < -0.4 is 9.47 Å². The van der Waals surface area contributed by atoms with Gasteiger partial charge in [-0.2, -0.15) is 0 Å². The first-order valence-corrected chi connectivity index (χ1v) is 6.89. The zero-order valence-corrected chi connectivity index (χ0v) is 12.8. The zero-order chi connectivity index (χ0) is 14.5. The molecule has 0 radical (unpaired) electrons. The van der Waals surface area contributed by atoms with Gasteiger partial charge in [0.25, 0.3) is 0 Å². The van der Waals surface area contributed by atoms with Crippen molar-refractivity contribution < 1.29 is 19.1 Å². The largest absolute Gasteiger partial charge is 0.427 e. The summed E-state index contributed by atoms with van der Waals surface area (Å²) in [5.41, 5.74) is 1.96.